The number of hydrogen-bond acceptors (Lipinski definition) is 5. The predicted molar refractivity (Wildman–Crippen MR) is 96.5 cm³/mol. The van der Waals surface area contributed by atoms with Crippen molar-refractivity contribution in [1.29, 1.82) is 0 Å². The first-order valence-electron chi connectivity index (χ1n) is 7.96. The predicted octanol–water partition coefficient (Wildman–Crippen LogP) is 3.27. The van der Waals surface area contributed by atoms with Crippen molar-refractivity contribution in [3.8, 4) is 0 Å². The van der Waals surface area contributed by atoms with Gasteiger partial charge in [-0.2, -0.15) is 0 Å². The first-order valence-corrected chi connectivity index (χ1v) is 10.9. The third-order valence-corrected chi connectivity index (χ3v) is 9.48. The molecule has 2 rings (SSSR count). The minimum absolute atomic E-state index is 0.206. The molecule has 23 heavy (non-hydrogen) atoms. The molecule has 5 nitrogen and oxygen atoms in total. The topological polar surface area (TPSA) is 64.8 Å². The normalized spacial score (nSPS) is 16.2. The zero-order valence-corrected chi connectivity index (χ0v) is 16.0. The molecule has 2 N–H and O–H groups in total. The Hall–Kier alpha value is -1.53. The number of nitrogen functional groups attached to an aromatic ring is 1. The molecule has 1 aromatic carbocycles. The van der Waals surface area contributed by atoms with Crippen LogP contribution < -0.4 is 10.6 Å². The summed E-state index contributed by atoms with van der Waals surface area (Å²) in [7, 11) is -0.386. The molecule has 1 saturated heterocycles. The van der Waals surface area contributed by atoms with Crippen molar-refractivity contribution in [2.24, 2.45) is 0 Å². The van der Waals surface area contributed by atoms with Gasteiger partial charge in [0, 0.05) is 13.1 Å². The summed E-state index contributed by atoms with van der Waals surface area (Å²) < 4.78 is 11.2. The maximum absolute atomic E-state index is 11.7. The van der Waals surface area contributed by atoms with Gasteiger partial charge < -0.3 is 19.8 Å². The third-order valence-electron chi connectivity index (χ3n) is 4.94. The highest BCUT2D eigenvalue weighted by Crippen LogP contribution is 2.39. The van der Waals surface area contributed by atoms with Crippen LogP contribution in [0.15, 0.2) is 18.2 Å². The number of hydrogen-bond donors (Lipinski definition) is 1. The van der Waals surface area contributed by atoms with E-state index in [1.807, 2.05) is 12.1 Å². The molecular formula is C17H28N2O3Si. The highest BCUT2D eigenvalue weighted by atomic mass is 28.4. The van der Waals surface area contributed by atoms with E-state index in [1.54, 1.807) is 6.07 Å². The number of methoxy groups -OCH3 is 1. The lowest BCUT2D eigenvalue weighted by molar-refractivity contribution is 0.0602. The number of nitrogens with two attached hydrogens (primary N) is 1. The average Bonchev–Trinajstić information content (AvgIpc) is 2.41. The van der Waals surface area contributed by atoms with E-state index in [4.69, 9.17) is 14.9 Å². The molecule has 0 aliphatic carbocycles. The van der Waals surface area contributed by atoms with E-state index in [0.29, 0.717) is 11.3 Å². The van der Waals surface area contributed by atoms with Crippen LogP contribution in [0.25, 0.3) is 0 Å². The van der Waals surface area contributed by atoms with Gasteiger partial charge in [0.15, 0.2) is 8.32 Å². The fourth-order valence-corrected chi connectivity index (χ4v) is 3.76. The number of anilines is 2. The van der Waals surface area contributed by atoms with Gasteiger partial charge in [-0.05, 0) is 30.3 Å². The Balaban J connectivity index is 2.05. The van der Waals surface area contributed by atoms with Crippen LogP contribution in [0.2, 0.25) is 18.1 Å². The Bertz CT molecular complexity index is 590. The van der Waals surface area contributed by atoms with E-state index in [-0.39, 0.29) is 11.1 Å². The van der Waals surface area contributed by atoms with Crippen LogP contribution in [0, 0.1) is 0 Å². The highest BCUT2D eigenvalue weighted by molar-refractivity contribution is 6.74. The van der Waals surface area contributed by atoms with Crippen LogP contribution in [0.1, 0.15) is 31.1 Å². The number of nitrogens with zero attached hydrogens (tertiary/aromatic N) is 1. The number of ether oxygens (including phenoxy) is 1. The Kier molecular flexibility index (Phi) is 4.78. The molecule has 0 saturated carbocycles. The van der Waals surface area contributed by atoms with Gasteiger partial charge >= 0.3 is 5.97 Å². The average molecular weight is 337 g/mol. The fourth-order valence-electron chi connectivity index (χ4n) is 2.42. The van der Waals surface area contributed by atoms with Gasteiger partial charge in [0.1, 0.15) is 0 Å². The van der Waals surface area contributed by atoms with E-state index >= 15 is 0 Å². The van der Waals surface area contributed by atoms with Gasteiger partial charge in [0.05, 0.1) is 30.2 Å². The zero-order valence-electron chi connectivity index (χ0n) is 15.0. The van der Waals surface area contributed by atoms with Gasteiger partial charge in [-0.3, -0.25) is 0 Å². The van der Waals surface area contributed by atoms with E-state index in [1.165, 1.54) is 7.11 Å². The molecule has 0 radical (unpaired) electrons. The maximum atomic E-state index is 11.7. The molecule has 1 heterocycles. The van der Waals surface area contributed by atoms with Gasteiger partial charge in [0.2, 0.25) is 0 Å². The van der Waals surface area contributed by atoms with Gasteiger partial charge in [-0.25, -0.2) is 4.79 Å². The van der Waals surface area contributed by atoms with E-state index in [0.717, 1.165) is 18.8 Å². The molecule has 0 amide bonds. The smallest absolute Gasteiger partial charge is 0.340 e. The SMILES string of the molecule is COC(=O)c1cccc(N2CC(O[Si](C)(C)C(C)(C)C)C2)c1N. The number of carbonyl (C=O) groups is 1. The van der Waals surface area contributed by atoms with Crippen molar-refractivity contribution >= 4 is 25.7 Å². The van der Waals surface area contributed by atoms with Crippen LogP contribution >= 0.6 is 0 Å². The largest absolute Gasteiger partial charge is 0.465 e. The number of carbonyl (C=O) groups excluding carboxylic acids is 1. The minimum atomic E-state index is -1.75. The number of para-hydroxylation sites is 1. The van der Waals surface area contributed by atoms with Crippen molar-refractivity contribution in [3.63, 3.8) is 0 Å². The summed E-state index contributed by atoms with van der Waals surface area (Å²) in [5.74, 6) is -0.404. The highest BCUT2D eigenvalue weighted by Gasteiger charge is 2.42. The van der Waals surface area contributed by atoms with Crippen LogP contribution in [0.5, 0.6) is 0 Å². The number of benzene rings is 1. The Labute approximate surface area is 139 Å². The summed E-state index contributed by atoms with van der Waals surface area (Å²) in [5, 5.41) is 0.206. The van der Waals surface area contributed by atoms with Crippen molar-refractivity contribution in [1.82, 2.24) is 0 Å². The molecule has 6 heteroatoms. The van der Waals surface area contributed by atoms with Gasteiger partial charge in [0.25, 0.3) is 0 Å². The molecule has 0 aromatic heterocycles. The van der Waals surface area contributed by atoms with Crippen molar-refractivity contribution in [3.05, 3.63) is 23.8 Å². The van der Waals surface area contributed by atoms with E-state index < -0.39 is 14.3 Å². The first-order chi connectivity index (χ1) is 10.6. The monoisotopic (exact) mass is 336 g/mol. The molecule has 1 aliphatic heterocycles. The minimum Gasteiger partial charge on any atom is -0.465 e. The Morgan fingerprint density at radius 1 is 1.30 bits per heavy atom. The van der Waals surface area contributed by atoms with Crippen molar-refractivity contribution in [2.75, 3.05) is 30.8 Å². The summed E-state index contributed by atoms with van der Waals surface area (Å²) in [6, 6.07) is 5.46. The molecule has 0 unspecified atom stereocenters. The van der Waals surface area contributed by atoms with Crippen molar-refractivity contribution < 1.29 is 14.0 Å². The van der Waals surface area contributed by atoms with Gasteiger partial charge in [-0.15, -0.1) is 0 Å². The second kappa shape index (κ2) is 6.17. The second-order valence-electron chi connectivity index (χ2n) is 7.64. The summed E-state index contributed by atoms with van der Waals surface area (Å²) >= 11 is 0. The maximum Gasteiger partial charge on any atom is 0.340 e. The summed E-state index contributed by atoms with van der Waals surface area (Å²) in [5.41, 5.74) is 7.91. The molecule has 1 aromatic rings. The number of rotatable bonds is 4. The van der Waals surface area contributed by atoms with Crippen LogP contribution in [-0.2, 0) is 9.16 Å². The number of esters is 1. The van der Waals surface area contributed by atoms with Crippen LogP contribution in [0.3, 0.4) is 0 Å². The molecule has 1 aliphatic rings. The molecule has 0 atom stereocenters. The van der Waals surface area contributed by atoms with Crippen LogP contribution in [-0.4, -0.2) is 40.6 Å². The molecule has 0 bridgehead atoms. The lowest BCUT2D eigenvalue weighted by atomic mass is 10.1. The van der Waals surface area contributed by atoms with E-state index in [2.05, 4.69) is 38.8 Å². The standard InChI is InChI=1S/C17H28N2O3Si/c1-17(2,3)23(5,6)22-12-10-19(11-12)14-9-7-8-13(15(14)18)16(20)21-4/h7-9,12H,10-11,18H2,1-6H3. The summed E-state index contributed by atoms with van der Waals surface area (Å²) in [6.45, 7) is 12.9. The molecule has 0 spiro atoms. The first kappa shape index (κ1) is 17.8. The van der Waals surface area contributed by atoms with E-state index in [9.17, 15) is 4.79 Å². The summed E-state index contributed by atoms with van der Waals surface area (Å²) in [6.07, 6.45) is 0.233. The fraction of sp³-hybridized carbons (Fsp3) is 0.588. The molecule has 128 valence electrons. The second-order valence-corrected chi connectivity index (χ2v) is 12.4. The molecular weight excluding hydrogens is 308 g/mol. The van der Waals surface area contributed by atoms with Crippen molar-refractivity contribution in [2.45, 2.75) is 45.0 Å². The van der Waals surface area contributed by atoms with Gasteiger partial charge in [-0.1, -0.05) is 26.8 Å². The Morgan fingerprint density at radius 2 is 1.91 bits per heavy atom. The third kappa shape index (κ3) is 3.53. The lowest BCUT2D eigenvalue weighted by Gasteiger charge is -2.47. The molecule has 1 fully saturated rings. The quantitative estimate of drug-likeness (QED) is 0.519. The lowest BCUT2D eigenvalue weighted by Crippen LogP contribution is -2.58. The summed E-state index contributed by atoms with van der Waals surface area (Å²) in [4.78, 5) is 13.9. The van der Waals surface area contributed by atoms with Crippen LogP contribution in [0.4, 0.5) is 11.4 Å². The Morgan fingerprint density at radius 3 is 2.43 bits per heavy atom. The zero-order chi connectivity index (χ0) is 17.4.